The van der Waals surface area contributed by atoms with Crippen LogP contribution in [-0.4, -0.2) is 47.2 Å². The van der Waals surface area contributed by atoms with Gasteiger partial charge in [0, 0.05) is 17.9 Å². The molecule has 3 aromatic rings. The third-order valence-electron chi connectivity index (χ3n) is 8.47. The van der Waals surface area contributed by atoms with Crippen molar-refractivity contribution >= 4 is 56.5 Å². The summed E-state index contributed by atoms with van der Waals surface area (Å²) >= 11 is 12.6. The minimum atomic E-state index is -3.97. The van der Waals surface area contributed by atoms with Gasteiger partial charge in [-0.25, -0.2) is 9.55 Å². The number of benzene rings is 1. The molecule has 228 valence electrons. The standard InChI is InChI=1S/C27H36Cl2N5O6PSi/c1-15-17(13-38-41(36)37-11-10-20(39-41)16-8-7-9-18(28)22(16)29)21(40-42(5,6)27(2,3)4)12-19(15)34-14-31-23-24(34)32-26(30)33-25(23)35/h7-9,14,17,19-21H,1,10-13H2,2-6H3,(H3,30,32,33,35)/t17-,19-,20+,21-,41-/m0/s1. The van der Waals surface area contributed by atoms with Crippen LogP contribution in [-0.2, 0) is 22.6 Å². The molecule has 5 rings (SSSR count). The largest absolute Gasteiger partial charge is 0.475 e. The fourth-order valence-corrected chi connectivity index (χ4v) is 8.32. The van der Waals surface area contributed by atoms with Gasteiger partial charge in [-0.1, -0.05) is 62.7 Å². The first-order chi connectivity index (χ1) is 19.6. The number of halogens is 2. The molecule has 15 heteroatoms. The third kappa shape index (κ3) is 6.01. The van der Waals surface area contributed by atoms with E-state index in [1.54, 1.807) is 29.1 Å². The number of nitrogen functional groups attached to an aromatic ring is 1. The van der Waals surface area contributed by atoms with Crippen molar-refractivity contribution in [3.8, 4) is 0 Å². The van der Waals surface area contributed by atoms with E-state index in [1.165, 1.54) is 0 Å². The third-order valence-corrected chi connectivity index (χ3v) is 15.3. The van der Waals surface area contributed by atoms with Crippen LogP contribution in [0.1, 0.15) is 51.3 Å². The number of aromatic nitrogens is 4. The van der Waals surface area contributed by atoms with Crippen molar-refractivity contribution in [1.82, 2.24) is 19.5 Å². The summed E-state index contributed by atoms with van der Waals surface area (Å²) in [5.41, 5.74) is 7.33. The number of H-pyrrole nitrogens is 1. The highest BCUT2D eigenvalue weighted by Crippen LogP contribution is 2.59. The van der Waals surface area contributed by atoms with Crippen LogP contribution in [0.2, 0.25) is 28.2 Å². The number of imidazole rings is 1. The summed E-state index contributed by atoms with van der Waals surface area (Å²) in [6.45, 7) is 15.4. The smallest absolute Gasteiger partial charge is 0.413 e. The molecule has 0 spiro atoms. The van der Waals surface area contributed by atoms with Crippen molar-refractivity contribution in [3.63, 3.8) is 0 Å². The van der Waals surface area contributed by atoms with Crippen LogP contribution >= 0.6 is 31.0 Å². The van der Waals surface area contributed by atoms with E-state index in [9.17, 15) is 9.36 Å². The van der Waals surface area contributed by atoms with E-state index >= 15 is 0 Å². The lowest BCUT2D eigenvalue weighted by atomic mass is 10.0. The zero-order valence-electron chi connectivity index (χ0n) is 24.2. The summed E-state index contributed by atoms with van der Waals surface area (Å²) in [4.78, 5) is 23.5. The van der Waals surface area contributed by atoms with Gasteiger partial charge in [0.1, 0.15) is 0 Å². The Morgan fingerprint density at radius 1 is 1.31 bits per heavy atom. The number of nitrogens with two attached hydrogens (primary N) is 1. The quantitative estimate of drug-likeness (QED) is 0.159. The number of hydrogen-bond acceptors (Lipinski definition) is 9. The van der Waals surface area contributed by atoms with Gasteiger partial charge in [-0.15, -0.1) is 0 Å². The number of rotatable bonds is 7. The van der Waals surface area contributed by atoms with Gasteiger partial charge in [0.05, 0.1) is 47.8 Å². The molecule has 3 heterocycles. The van der Waals surface area contributed by atoms with Crippen molar-refractivity contribution in [2.24, 2.45) is 5.92 Å². The van der Waals surface area contributed by atoms with E-state index in [4.69, 9.17) is 46.9 Å². The number of nitrogens with one attached hydrogen (secondary N) is 1. The maximum Gasteiger partial charge on any atom is 0.475 e. The molecule has 1 saturated carbocycles. The second-order valence-electron chi connectivity index (χ2n) is 12.2. The average molecular weight is 657 g/mol. The number of phosphoric ester groups is 1. The molecule has 42 heavy (non-hydrogen) atoms. The number of hydrogen-bond donors (Lipinski definition) is 2. The fourth-order valence-electron chi connectivity index (χ4n) is 5.12. The average Bonchev–Trinajstić information content (AvgIpc) is 3.44. The van der Waals surface area contributed by atoms with Crippen LogP contribution in [0.3, 0.4) is 0 Å². The molecule has 2 aliphatic rings. The molecule has 5 atom stereocenters. The molecular formula is C27H36Cl2N5O6PSi. The van der Waals surface area contributed by atoms with Crippen LogP contribution in [0.25, 0.3) is 11.2 Å². The van der Waals surface area contributed by atoms with Crippen LogP contribution in [0.15, 0.2) is 41.5 Å². The topological polar surface area (TPSA) is 144 Å². The van der Waals surface area contributed by atoms with E-state index in [2.05, 4.69) is 55.4 Å². The van der Waals surface area contributed by atoms with Crippen molar-refractivity contribution in [1.29, 1.82) is 0 Å². The molecule has 1 aliphatic carbocycles. The molecule has 1 saturated heterocycles. The lowest BCUT2D eigenvalue weighted by molar-refractivity contribution is 0.0176. The van der Waals surface area contributed by atoms with E-state index in [-0.39, 0.29) is 47.8 Å². The predicted molar refractivity (Wildman–Crippen MR) is 165 cm³/mol. The Hall–Kier alpha value is -2.02. The van der Waals surface area contributed by atoms with Gasteiger partial charge < -0.3 is 14.7 Å². The summed E-state index contributed by atoms with van der Waals surface area (Å²) in [6, 6.07) is 4.90. The summed E-state index contributed by atoms with van der Waals surface area (Å²) in [5, 5.41) is 0.659. The first-order valence-corrected chi connectivity index (χ1v) is 18.8. The van der Waals surface area contributed by atoms with Gasteiger partial charge >= 0.3 is 7.82 Å². The molecular weight excluding hydrogens is 620 g/mol. The first kappa shape index (κ1) is 31.4. The maximum absolute atomic E-state index is 13.7. The number of anilines is 1. The highest BCUT2D eigenvalue weighted by molar-refractivity contribution is 7.48. The zero-order valence-corrected chi connectivity index (χ0v) is 27.6. The summed E-state index contributed by atoms with van der Waals surface area (Å²) in [5.74, 6) is -0.375. The Balaban J connectivity index is 1.42. The van der Waals surface area contributed by atoms with Crippen molar-refractivity contribution in [2.75, 3.05) is 18.9 Å². The highest BCUT2D eigenvalue weighted by Gasteiger charge is 2.48. The Labute approximate surface area is 255 Å². The molecule has 1 aliphatic heterocycles. The number of nitrogens with zero attached hydrogens (tertiary/aromatic N) is 3. The lowest BCUT2D eigenvalue weighted by Gasteiger charge is -2.40. The van der Waals surface area contributed by atoms with Crippen molar-refractivity contribution in [3.05, 3.63) is 62.6 Å². The summed E-state index contributed by atoms with van der Waals surface area (Å²) in [6.07, 6.45) is 1.58. The van der Waals surface area contributed by atoms with Crippen LogP contribution < -0.4 is 11.3 Å². The molecule has 11 nitrogen and oxygen atoms in total. The van der Waals surface area contributed by atoms with E-state index in [0.29, 0.717) is 34.1 Å². The Kier molecular flexibility index (Phi) is 8.58. The van der Waals surface area contributed by atoms with Gasteiger partial charge in [-0.2, -0.15) is 4.98 Å². The SMILES string of the molecule is C=C1[C@H](CO[P@]2(=O)OCC[C@H](c3cccc(Cl)c3Cl)O2)[C@@H](O[Si](C)(C)C(C)(C)C)C[C@@H]1n1cnc2c(=O)[nH]c(N)nc21. The van der Waals surface area contributed by atoms with Crippen LogP contribution in [0, 0.1) is 5.92 Å². The molecule has 0 unspecified atom stereocenters. The summed E-state index contributed by atoms with van der Waals surface area (Å²) in [7, 11) is -6.22. The van der Waals surface area contributed by atoms with Crippen molar-refractivity contribution < 1.29 is 22.6 Å². The highest BCUT2D eigenvalue weighted by atomic mass is 35.5. The first-order valence-electron chi connectivity index (χ1n) is 13.7. The minimum Gasteiger partial charge on any atom is -0.413 e. The van der Waals surface area contributed by atoms with E-state index in [1.807, 2.05) is 0 Å². The molecule has 0 bridgehead atoms. The van der Waals surface area contributed by atoms with Crippen molar-refractivity contribution in [2.45, 2.75) is 70.0 Å². The Morgan fingerprint density at radius 2 is 2.05 bits per heavy atom. The Bertz CT molecular complexity index is 1620. The van der Waals surface area contributed by atoms with Gasteiger partial charge in [0.15, 0.2) is 19.5 Å². The van der Waals surface area contributed by atoms with Gasteiger partial charge in [0.2, 0.25) is 5.95 Å². The molecule has 0 amide bonds. The fraction of sp³-hybridized carbons (Fsp3) is 0.519. The van der Waals surface area contributed by atoms with Crippen LogP contribution in [0.4, 0.5) is 5.95 Å². The summed E-state index contributed by atoms with van der Waals surface area (Å²) < 4.78 is 39.8. The minimum absolute atomic E-state index is 0.00845. The number of phosphoric acid groups is 1. The van der Waals surface area contributed by atoms with Gasteiger partial charge in [-0.05, 0) is 36.2 Å². The molecule has 2 aromatic heterocycles. The predicted octanol–water partition coefficient (Wildman–Crippen LogP) is 6.82. The molecule has 3 N–H and O–H groups in total. The molecule has 0 radical (unpaired) electrons. The van der Waals surface area contributed by atoms with Gasteiger partial charge in [-0.3, -0.25) is 23.3 Å². The molecule has 1 aromatic carbocycles. The second kappa shape index (κ2) is 11.5. The van der Waals surface area contributed by atoms with Gasteiger partial charge in [0.25, 0.3) is 5.56 Å². The number of aromatic amines is 1. The van der Waals surface area contributed by atoms with E-state index < -0.39 is 27.8 Å². The Morgan fingerprint density at radius 3 is 2.76 bits per heavy atom. The molecule has 2 fully saturated rings. The maximum atomic E-state index is 13.7. The second-order valence-corrected chi connectivity index (χ2v) is 19.4. The zero-order chi connectivity index (χ0) is 30.6. The monoisotopic (exact) mass is 655 g/mol. The number of fused-ring (bicyclic) bond motifs is 1. The normalized spacial score (nSPS) is 27.2. The lowest BCUT2D eigenvalue weighted by Crippen LogP contribution is -2.45. The van der Waals surface area contributed by atoms with Crippen LogP contribution in [0.5, 0.6) is 0 Å². The van der Waals surface area contributed by atoms with E-state index in [0.717, 1.165) is 5.57 Å².